The number of anilines is 1. The lowest BCUT2D eigenvalue weighted by Crippen LogP contribution is -2.24. The molecule has 0 bridgehead atoms. The zero-order valence-corrected chi connectivity index (χ0v) is 11.3. The van der Waals surface area contributed by atoms with Crippen molar-refractivity contribution in [1.82, 2.24) is 5.32 Å². The van der Waals surface area contributed by atoms with Gasteiger partial charge in [-0.05, 0) is 25.5 Å². The molecule has 0 fully saturated rings. The highest BCUT2D eigenvalue weighted by molar-refractivity contribution is 6.03. The number of carbonyl (C=O) groups is 3. The molecule has 0 aliphatic rings. The standard InChI is InChI=1S/C14H18N2O4/c1-2-15-14(20)10-6-3-4-7-11(10)16-12(17)8-5-9-13(18)19/h3-4,6-7H,2,5,8-9H2,1H3,(H,15,20)(H,16,17)(H,18,19). The number of carboxylic acids is 1. The second-order valence-electron chi connectivity index (χ2n) is 4.20. The van der Waals surface area contributed by atoms with E-state index >= 15 is 0 Å². The van der Waals surface area contributed by atoms with Crippen LogP contribution in [0, 0.1) is 0 Å². The molecule has 6 heteroatoms. The SMILES string of the molecule is CCNC(=O)c1ccccc1NC(=O)CCCC(=O)O. The van der Waals surface area contributed by atoms with E-state index in [-0.39, 0.29) is 31.1 Å². The highest BCUT2D eigenvalue weighted by Crippen LogP contribution is 2.15. The van der Waals surface area contributed by atoms with E-state index in [2.05, 4.69) is 10.6 Å². The molecule has 20 heavy (non-hydrogen) atoms. The van der Waals surface area contributed by atoms with E-state index in [4.69, 9.17) is 5.11 Å². The normalized spacial score (nSPS) is 9.85. The molecule has 0 radical (unpaired) electrons. The van der Waals surface area contributed by atoms with Gasteiger partial charge in [0.05, 0.1) is 11.3 Å². The Morgan fingerprint density at radius 2 is 1.85 bits per heavy atom. The number of hydrogen-bond acceptors (Lipinski definition) is 3. The Morgan fingerprint density at radius 3 is 2.50 bits per heavy atom. The lowest BCUT2D eigenvalue weighted by atomic mass is 10.1. The fraction of sp³-hybridized carbons (Fsp3) is 0.357. The van der Waals surface area contributed by atoms with Crippen molar-refractivity contribution in [1.29, 1.82) is 0 Å². The van der Waals surface area contributed by atoms with Crippen molar-refractivity contribution >= 4 is 23.5 Å². The van der Waals surface area contributed by atoms with Crippen LogP contribution in [-0.4, -0.2) is 29.4 Å². The van der Waals surface area contributed by atoms with Gasteiger partial charge in [-0.3, -0.25) is 14.4 Å². The first-order valence-electron chi connectivity index (χ1n) is 6.43. The Labute approximate surface area is 117 Å². The first kappa shape index (κ1) is 15.7. The van der Waals surface area contributed by atoms with Gasteiger partial charge in [0.2, 0.25) is 5.91 Å². The van der Waals surface area contributed by atoms with Gasteiger partial charge >= 0.3 is 5.97 Å². The van der Waals surface area contributed by atoms with E-state index in [0.29, 0.717) is 17.8 Å². The first-order chi connectivity index (χ1) is 9.54. The van der Waals surface area contributed by atoms with Gasteiger partial charge in [-0.1, -0.05) is 12.1 Å². The number of aliphatic carboxylic acids is 1. The van der Waals surface area contributed by atoms with Crippen LogP contribution in [0.1, 0.15) is 36.5 Å². The zero-order chi connectivity index (χ0) is 15.0. The molecule has 0 atom stereocenters. The zero-order valence-electron chi connectivity index (χ0n) is 11.3. The van der Waals surface area contributed by atoms with Gasteiger partial charge in [0.15, 0.2) is 0 Å². The van der Waals surface area contributed by atoms with E-state index < -0.39 is 5.97 Å². The maximum atomic E-state index is 11.8. The third-order valence-electron chi connectivity index (χ3n) is 2.58. The molecule has 0 aromatic heterocycles. The van der Waals surface area contributed by atoms with Crippen molar-refractivity contribution in [2.45, 2.75) is 26.2 Å². The third kappa shape index (κ3) is 5.09. The quantitative estimate of drug-likeness (QED) is 0.706. The summed E-state index contributed by atoms with van der Waals surface area (Å²) in [6.45, 7) is 2.31. The summed E-state index contributed by atoms with van der Waals surface area (Å²) in [7, 11) is 0. The lowest BCUT2D eigenvalue weighted by Gasteiger charge is -2.10. The Morgan fingerprint density at radius 1 is 1.15 bits per heavy atom. The molecule has 2 amide bonds. The van der Waals surface area contributed by atoms with Crippen molar-refractivity contribution in [2.24, 2.45) is 0 Å². The van der Waals surface area contributed by atoms with Crippen molar-refractivity contribution < 1.29 is 19.5 Å². The number of benzene rings is 1. The van der Waals surface area contributed by atoms with Crippen LogP contribution in [0.3, 0.4) is 0 Å². The number of carboxylic acid groups (broad SMARTS) is 1. The van der Waals surface area contributed by atoms with Gasteiger partial charge in [-0.2, -0.15) is 0 Å². The predicted molar refractivity (Wildman–Crippen MR) is 74.6 cm³/mol. The van der Waals surface area contributed by atoms with Gasteiger partial charge in [-0.15, -0.1) is 0 Å². The van der Waals surface area contributed by atoms with E-state index in [1.807, 2.05) is 6.92 Å². The van der Waals surface area contributed by atoms with Crippen LogP contribution in [0.5, 0.6) is 0 Å². The molecular weight excluding hydrogens is 260 g/mol. The maximum Gasteiger partial charge on any atom is 0.303 e. The summed E-state index contributed by atoms with van der Waals surface area (Å²) < 4.78 is 0. The number of hydrogen-bond donors (Lipinski definition) is 3. The molecule has 0 aliphatic heterocycles. The molecular formula is C14H18N2O4. The fourth-order valence-electron chi connectivity index (χ4n) is 1.66. The average Bonchev–Trinajstić information content (AvgIpc) is 2.39. The van der Waals surface area contributed by atoms with Crippen LogP contribution < -0.4 is 10.6 Å². The summed E-state index contributed by atoms with van der Waals surface area (Å²) in [4.78, 5) is 33.9. The fourth-order valence-corrected chi connectivity index (χ4v) is 1.66. The number of nitrogens with one attached hydrogen (secondary N) is 2. The summed E-state index contributed by atoms with van der Waals surface area (Å²) in [6, 6.07) is 6.69. The first-order valence-corrected chi connectivity index (χ1v) is 6.43. The smallest absolute Gasteiger partial charge is 0.303 e. The monoisotopic (exact) mass is 278 g/mol. The molecule has 1 rings (SSSR count). The van der Waals surface area contributed by atoms with Gasteiger partial charge in [0.25, 0.3) is 5.91 Å². The van der Waals surface area contributed by atoms with Crippen molar-refractivity contribution in [3.8, 4) is 0 Å². The number of rotatable bonds is 7. The Bertz CT molecular complexity index is 500. The predicted octanol–water partition coefficient (Wildman–Crippen LogP) is 1.63. The topological polar surface area (TPSA) is 95.5 Å². The van der Waals surface area contributed by atoms with Crippen LogP contribution in [0.2, 0.25) is 0 Å². The largest absolute Gasteiger partial charge is 0.481 e. The molecule has 0 saturated carbocycles. The molecule has 0 unspecified atom stereocenters. The minimum Gasteiger partial charge on any atom is -0.481 e. The summed E-state index contributed by atoms with van der Waals surface area (Å²) >= 11 is 0. The minimum absolute atomic E-state index is 0.0502. The molecule has 1 aromatic carbocycles. The van der Waals surface area contributed by atoms with Crippen LogP contribution in [0.25, 0.3) is 0 Å². The highest BCUT2D eigenvalue weighted by atomic mass is 16.4. The summed E-state index contributed by atoms with van der Waals surface area (Å²) in [5.41, 5.74) is 0.819. The van der Waals surface area contributed by atoms with E-state index in [1.165, 1.54) is 0 Å². The molecule has 3 N–H and O–H groups in total. The van der Waals surface area contributed by atoms with Gasteiger partial charge < -0.3 is 15.7 Å². The number of para-hydroxylation sites is 1. The lowest BCUT2D eigenvalue weighted by molar-refractivity contribution is -0.137. The van der Waals surface area contributed by atoms with Crippen LogP contribution in [0.15, 0.2) is 24.3 Å². The Balaban J connectivity index is 2.65. The highest BCUT2D eigenvalue weighted by Gasteiger charge is 2.12. The molecule has 1 aromatic rings. The molecule has 0 heterocycles. The van der Waals surface area contributed by atoms with Crippen LogP contribution in [0.4, 0.5) is 5.69 Å². The van der Waals surface area contributed by atoms with Gasteiger partial charge in [0, 0.05) is 19.4 Å². The summed E-state index contributed by atoms with van der Waals surface area (Å²) in [5.74, 6) is -1.49. The van der Waals surface area contributed by atoms with E-state index in [0.717, 1.165) is 0 Å². The van der Waals surface area contributed by atoms with E-state index in [9.17, 15) is 14.4 Å². The molecule has 6 nitrogen and oxygen atoms in total. The van der Waals surface area contributed by atoms with Crippen LogP contribution in [-0.2, 0) is 9.59 Å². The summed E-state index contributed by atoms with van der Waals surface area (Å²) in [6.07, 6.45) is 0.325. The minimum atomic E-state index is -0.930. The summed E-state index contributed by atoms with van der Waals surface area (Å²) in [5, 5.41) is 13.8. The second kappa shape index (κ2) is 7.93. The maximum absolute atomic E-state index is 11.8. The molecule has 108 valence electrons. The Kier molecular flexibility index (Phi) is 6.22. The van der Waals surface area contributed by atoms with Crippen molar-refractivity contribution in [3.05, 3.63) is 29.8 Å². The Hall–Kier alpha value is -2.37. The van der Waals surface area contributed by atoms with Gasteiger partial charge in [0.1, 0.15) is 0 Å². The molecule has 0 aliphatic carbocycles. The molecule has 0 saturated heterocycles. The molecule has 0 spiro atoms. The average molecular weight is 278 g/mol. The van der Waals surface area contributed by atoms with Crippen molar-refractivity contribution in [2.75, 3.05) is 11.9 Å². The van der Waals surface area contributed by atoms with Crippen LogP contribution >= 0.6 is 0 Å². The second-order valence-corrected chi connectivity index (χ2v) is 4.20. The number of carbonyl (C=O) groups excluding carboxylic acids is 2. The van der Waals surface area contributed by atoms with Gasteiger partial charge in [-0.25, -0.2) is 0 Å². The van der Waals surface area contributed by atoms with Crippen molar-refractivity contribution in [3.63, 3.8) is 0 Å². The van der Waals surface area contributed by atoms with E-state index in [1.54, 1.807) is 24.3 Å². The number of amides is 2. The third-order valence-corrected chi connectivity index (χ3v) is 2.58.